The molecule has 134 valence electrons. The molecule has 1 aromatic rings. The summed E-state index contributed by atoms with van der Waals surface area (Å²) in [5.41, 5.74) is 1.43. The van der Waals surface area contributed by atoms with E-state index in [-0.39, 0.29) is 28.7 Å². The van der Waals surface area contributed by atoms with Crippen molar-refractivity contribution in [3.05, 3.63) is 29.8 Å². The molecule has 1 amide bonds. The molecule has 0 spiro atoms. The Morgan fingerprint density at radius 2 is 2.00 bits per heavy atom. The van der Waals surface area contributed by atoms with Gasteiger partial charge >= 0.3 is 0 Å². The first-order chi connectivity index (χ1) is 12.0. The van der Waals surface area contributed by atoms with Gasteiger partial charge in [0.2, 0.25) is 0 Å². The van der Waals surface area contributed by atoms with Crippen molar-refractivity contribution in [3.8, 4) is 0 Å². The molecule has 2 fully saturated rings. The number of fused-ring (bicyclic) bond motifs is 1. The summed E-state index contributed by atoms with van der Waals surface area (Å²) in [4.78, 5) is 16.9. The molecule has 2 N–H and O–H groups in total. The van der Waals surface area contributed by atoms with Gasteiger partial charge in [-0.3, -0.25) is 9.79 Å². The van der Waals surface area contributed by atoms with E-state index in [9.17, 15) is 13.2 Å². The van der Waals surface area contributed by atoms with Crippen molar-refractivity contribution in [2.45, 2.75) is 43.0 Å². The Bertz CT molecular complexity index is 816. The topological polar surface area (TPSA) is 87.6 Å². The highest BCUT2D eigenvalue weighted by atomic mass is 32.2. The van der Waals surface area contributed by atoms with Crippen LogP contribution in [0.5, 0.6) is 0 Å². The molecule has 2 aliphatic heterocycles. The van der Waals surface area contributed by atoms with Crippen molar-refractivity contribution in [3.63, 3.8) is 0 Å². The first kappa shape index (κ1) is 16.9. The molecule has 0 unspecified atom stereocenters. The average molecular weight is 380 g/mol. The largest absolute Gasteiger partial charge is 0.349 e. The molecular formula is C17H21N3O3S2. The Morgan fingerprint density at radius 3 is 2.76 bits per heavy atom. The highest BCUT2D eigenvalue weighted by Crippen LogP contribution is 2.34. The highest BCUT2D eigenvalue weighted by Gasteiger charge is 2.42. The molecule has 4 rings (SSSR count). The zero-order valence-electron chi connectivity index (χ0n) is 13.8. The number of hydrogen-bond acceptors (Lipinski definition) is 6. The second-order valence-electron chi connectivity index (χ2n) is 6.90. The van der Waals surface area contributed by atoms with E-state index in [1.807, 2.05) is 18.2 Å². The Labute approximate surface area is 151 Å². The third kappa shape index (κ3) is 3.84. The number of hydrogen-bond donors (Lipinski definition) is 2. The third-order valence-electron chi connectivity index (χ3n) is 4.88. The number of amidine groups is 1. The number of benzene rings is 1. The summed E-state index contributed by atoms with van der Waals surface area (Å²) in [7, 11) is -2.94. The summed E-state index contributed by atoms with van der Waals surface area (Å²) in [6.45, 7) is 0. The number of thioether (sulfide) groups is 1. The number of carbonyl (C=O) groups is 1. The SMILES string of the molecule is O=C(NC1CCCC1)c1cccc(NC2=N[C@H]3CS(=O)(=O)C[C@H]3S2)c1. The summed E-state index contributed by atoms with van der Waals surface area (Å²) in [6, 6.07) is 7.50. The molecule has 6 nitrogen and oxygen atoms in total. The molecule has 1 saturated heterocycles. The smallest absolute Gasteiger partial charge is 0.251 e. The molecule has 2 atom stereocenters. The molecule has 25 heavy (non-hydrogen) atoms. The summed E-state index contributed by atoms with van der Waals surface area (Å²) >= 11 is 1.48. The fourth-order valence-corrected chi connectivity index (χ4v) is 7.29. The van der Waals surface area contributed by atoms with Crippen LogP contribution in [0.15, 0.2) is 29.3 Å². The van der Waals surface area contributed by atoms with Crippen LogP contribution in [-0.4, -0.2) is 48.3 Å². The molecule has 1 aliphatic carbocycles. The molecular weight excluding hydrogens is 358 g/mol. The maximum Gasteiger partial charge on any atom is 0.251 e. The van der Waals surface area contributed by atoms with Gasteiger partial charge in [-0.05, 0) is 31.0 Å². The minimum Gasteiger partial charge on any atom is -0.349 e. The Balaban J connectivity index is 1.41. The van der Waals surface area contributed by atoms with Crippen molar-refractivity contribution >= 4 is 38.4 Å². The summed E-state index contributed by atoms with van der Waals surface area (Å²) in [5.74, 6) is 0.292. The number of aliphatic imine (C=N–C) groups is 1. The zero-order valence-corrected chi connectivity index (χ0v) is 15.4. The van der Waals surface area contributed by atoms with Crippen LogP contribution in [0.25, 0.3) is 0 Å². The standard InChI is InChI=1S/C17H21N3O3S2/c21-16(18-12-5-1-2-6-12)11-4-3-7-13(8-11)19-17-20-14-9-25(22,23)10-15(14)24-17/h3-4,7-8,12,14-15H,1-2,5-6,9-10H2,(H,18,21)(H,19,20)/t14-,15+/m0/s1. The minimum absolute atomic E-state index is 0.0151. The van der Waals surface area contributed by atoms with Gasteiger partial charge in [-0.25, -0.2) is 8.42 Å². The first-order valence-electron chi connectivity index (χ1n) is 8.61. The van der Waals surface area contributed by atoms with E-state index in [1.54, 1.807) is 6.07 Å². The lowest BCUT2D eigenvalue weighted by Gasteiger charge is -2.13. The van der Waals surface area contributed by atoms with E-state index in [1.165, 1.54) is 24.6 Å². The summed E-state index contributed by atoms with van der Waals surface area (Å²) in [5, 5.41) is 7.06. The Morgan fingerprint density at radius 1 is 1.20 bits per heavy atom. The Hall–Kier alpha value is -1.54. The van der Waals surface area contributed by atoms with E-state index in [4.69, 9.17) is 0 Å². The van der Waals surface area contributed by atoms with Crippen LogP contribution >= 0.6 is 11.8 Å². The van der Waals surface area contributed by atoms with Crippen molar-refractivity contribution in [2.24, 2.45) is 4.99 Å². The maximum atomic E-state index is 12.4. The number of nitrogens with zero attached hydrogens (tertiary/aromatic N) is 1. The van der Waals surface area contributed by atoms with Gasteiger partial charge in [-0.15, -0.1) is 0 Å². The first-order valence-corrected chi connectivity index (χ1v) is 11.3. The lowest BCUT2D eigenvalue weighted by molar-refractivity contribution is 0.0938. The highest BCUT2D eigenvalue weighted by molar-refractivity contribution is 8.15. The summed E-state index contributed by atoms with van der Waals surface area (Å²) in [6.07, 6.45) is 4.48. The molecule has 0 aromatic heterocycles. The van der Waals surface area contributed by atoms with Gasteiger partial charge in [0.15, 0.2) is 15.0 Å². The molecule has 0 bridgehead atoms. The maximum absolute atomic E-state index is 12.4. The predicted molar refractivity (Wildman–Crippen MR) is 101 cm³/mol. The Kier molecular flexibility index (Phi) is 4.49. The number of anilines is 1. The average Bonchev–Trinajstić information content (AvgIpc) is 3.23. The number of amides is 1. The second kappa shape index (κ2) is 6.64. The molecule has 2 heterocycles. The third-order valence-corrected chi connectivity index (χ3v) is 8.03. The lowest BCUT2D eigenvalue weighted by Crippen LogP contribution is -2.32. The minimum atomic E-state index is -2.94. The van der Waals surface area contributed by atoms with Crippen LogP contribution in [0.3, 0.4) is 0 Å². The predicted octanol–water partition coefficient (Wildman–Crippen LogP) is 2.04. The van der Waals surface area contributed by atoms with Crippen LogP contribution in [0.2, 0.25) is 0 Å². The number of rotatable bonds is 3. The van der Waals surface area contributed by atoms with E-state index >= 15 is 0 Å². The molecule has 0 radical (unpaired) electrons. The van der Waals surface area contributed by atoms with E-state index in [0.717, 1.165) is 23.7 Å². The van der Waals surface area contributed by atoms with Crippen molar-refractivity contribution in [1.29, 1.82) is 0 Å². The molecule has 3 aliphatic rings. The number of sulfone groups is 1. The zero-order chi connectivity index (χ0) is 17.4. The van der Waals surface area contributed by atoms with E-state index in [2.05, 4.69) is 15.6 Å². The van der Waals surface area contributed by atoms with Crippen LogP contribution in [0.4, 0.5) is 5.69 Å². The van der Waals surface area contributed by atoms with Crippen molar-refractivity contribution < 1.29 is 13.2 Å². The van der Waals surface area contributed by atoms with Gasteiger partial charge in [-0.1, -0.05) is 30.7 Å². The van der Waals surface area contributed by atoms with Gasteiger partial charge < -0.3 is 10.6 Å². The monoisotopic (exact) mass is 379 g/mol. The second-order valence-corrected chi connectivity index (χ2v) is 10.3. The fraction of sp³-hybridized carbons (Fsp3) is 0.529. The van der Waals surface area contributed by atoms with Gasteiger partial charge in [0.05, 0.1) is 17.5 Å². The summed E-state index contributed by atoms with van der Waals surface area (Å²) < 4.78 is 23.2. The van der Waals surface area contributed by atoms with E-state index < -0.39 is 9.84 Å². The normalized spacial score (nSPS) is 27.8. The van der Waals surface area contributed by atoms with Crippen molar-refractivity contribution in [1.82, 2.24) is 5.32 Å². The van der Waals surface area contributed by atoms with Crippen LogP contribution in [0, 0.1) is 0 Å². The fourth-order valence-electron chi connectivity index (χ4n) is 3.62. The number of carbonyl (C=O) groups excluding carboxylic acids is 1. The van der Waals surface area contributed by atoms with Crippen LogP contribution in [-0.2, 0) is 9.84 Å². The van der Waals surface area contributed by atoms with Crippen LogP contribution < -0.4 is 10.6 Å². The van der Waals surface area contributed by atoms with Gasteiger partial charge in [-0.2, -0.15) is 0 Å². The van der Waals surface area contributed by atoms with E-state index in [0.29, 0.717) is 11.6 Å². The van der Waals surface area contributed by atoms with Crippen molar-refractivity contribution in [2.75, 3.05) is 16.8 Å². The molecule has 8 heteroatoms. The quantitative estimate of drug-likeness (QED) is 0.839. The lowest BCUT2D eigenvalue weighted by atomic mass is 10.1. The number of nitrogens with one attached hydrogen (secondary N) is 2. The molecule has 1 aromatic carbocycles. The van der Waals surface area contributed by atoms with Gasteiger partial charge in [0, 0.05) is 22.5 Å². The van der Waals surface area contributed by atoms with Gasteiger partial charge in [0.25, 0.3) is 5.91 Å². The van der Waals surface area contributed by atoms with Gasteiger partial charge in [0.1, 0.15) is 0 Å². The van der Waals surface area contributed by atoms with Crippen LogP contribution in [0.1, 0.15) is 36.0 Å². The molecule has 1 saturated carbocycles.